The van der Waals surface area contributed by atoms with E-state index in [1.165, 1.54) is 0 Å². The van der Waals surface area contributed by atoms with Gasteiger partial charge in [0.25, 0.3) is 5.91 Å². The zero-order valence-electron chi connectivity index (χ0n) is 9.41. The van der Waals surface area contributed by atoms with E-state index in [2.05, 4.69) is 5.32 Å². The second-order valence-corrected chi connectivity index (χ2v) is 3.51. The zero-order valence-corrected chi connectivity index (χ0v) is 9.41. The summed E-state index contributed by atoms with van der Waals surface area (Å²) in [5, 5.41) is 2.90. The van der Waals surface area contributed by atoms with Crippen LogP contribution in [-0.4, -0.2) is 19.1 Å². The van der Waals surface area contributed by atoms with Gasteiger partial charge in [-0.3, -0.25) is 4.79 Å². The van der Waals surface area contributed by atoms with Gasteiger partial charge in [-0.25, -0.2) is 0 Å². The molecule has 0 aliphatic rings. The molecule has 1 N–H and O–H groups in total. The van der Waals surface area contributed by atoms with Crippen molar-refractivity contribution in [2.24, 2.45) is 0 Å². The molecule has 0 heterocycles. The van der Waals surface area contributed by atoms with Crippen LogP contribution in [0.4, 0.5) is 0 Å². The maximum atomic E-state index is 11.7. The van der Waals surface area contributed by atoms with Crippen LogP contribution in [0.2, 0.25) is 0 Å². The molecular weight excluding hydrogens is 190 g/mol. The van der Waals surface area contributed by atoms with E-state index in [0.717, 1.165) is 12.2 Å². The molecule has 0 saturated carbocycles. The third-order valence-corrected chi connectivity index (χ3v) is 2.34. The lowest BCUT2D eigenvalue weighted by atomic mass is 10.2. The van der Waals surface area contributed by atoms with E-state index in [-0.39, 0.29) is 11.9 Å². The van der Waals surface area contributed by atoms with Crippen molar-refractivity contribution in [3.8, 4) is 5.75 Å². The Hall–Kier alpha value is -1.51. The first-order chi connectivity index (χ1) is 7.17. The van der Waals surface area contributed by atoms with Crippen molar-refractivity contribution in [1.29, 1.82) is 0 Å². The number of methoxy groups -OCH3 is 1. The molecular formula is C12H17NO2. The fourth-order valence-corrected chi connectivity index (χ4v) is 1.15. The standard InChI is InChI=1S/C12H17NO2/c1-4-9(2)13-12(14)10-5-7-11(15-3)8-6-10/h5-9H,4H2,1-3H3,(H,13,14)/t9-/m1/s1. The molecule has 0 aromatic heterocycles. The fourth-order valence-electron chi connectivity index (χ4n) is 1.15. The van der Waals surface area contributed by atoms with E-state index in [9.17, 15) is 4.79 Å². The van der Waals surface area contributed by atoms with E-state index >= 15 is 0 Å². The number of hydrogen-bond acceptors (Lipinski definition) is 2. The van der Waals surface area contributed by atoms with Crippen LogP contribution in [0.3, 0.4) is 0 Å². The average Bonchev–Trinajstić information content (AvgIpc) is 2.29. The highest BCUT2D eigenvalue weighted by molar-refractivity contribution is 5.94. The third-order valence-electron chi connectivity index (χ3n) is 2.34. The number of ether oxygens (including phenoxy) is 1. The van der Waals surface area contributed by atoms with Crippen LogP contribution < -0.4 is 10.1 Å². The molecule has 82 valence electrons. The molecule has 0 saturated heterocycles. The number of hydrogen-bond donors (Lipinski definition) is 1. The molecule has 1 aromatic carbocycles. The molecule has 1 aromatic rings. The van der Waals surface area contributed by atoms with Crippen molar-refractivity contribution in [3.05, 3.63) is 29.8 Å². The summed E-state index contributed by atoms with van der Waals surface area (Å²) in [5.74, 6) is 0.724. The second-order valence-electron chi connectivity index (χ2n) is 3.51. The summed E-state index contributed by atoms with van der Waals surface area (Å²) in [5.41, 5.74) is 0.663. The molecule has 1 atom stereocenters. The molecule has 0 spiro atoms. The highest BCUT2D eigenvalue weighted by Crippen LogP contribution is 2.11. The molecule has 0 unspecified atom stereocenters. The summed E-state index contributed by atoms with van der Waals surface area (Å²) in [6.07, 6.45) is 0.932. The smallest absolute Gasteiger partial charge is 0.251 e. The molecule has 3 heteroatoms. The lowest BCUT2D eigenvalue weighted by Crippen LogP contribution is -2.31. The van der Waals surface area contributed by atoms with E-state index in [1.54, 1.807) is 31.4 Å². The minimum atomic E-state index is -0.0352. The average molecular weight is 207 g/mol. The summed E-state index contributed by atoms with van der Waals surface area (Å²) in [7, 11) is 1.61. The van der Waals surface area contributed by atoms with Crippen molar-refractivity contribution in [2.75, 3.05) is 7.11 Å². The van der Waals surface area contributed by atoms with Crippen molar-refractivity contribution in [3.63, 3.8) is 0 Å². The van der Waals surface area contributed by atoms with Gasteiger partial charge in [-0.1, -0.05) is 6.92 Å². The van der Waals surface area contributed by atoms with Crippen molar-refractivity contribution < 1.29 is 9.53 Å². The Kier molecular flexibility index (Phi) is 4.16. The third kappa shape index (κ3) is 3.27. The number of amides is 1. The summed E-state index contributed by atoms with van der Waals surface area (Å²) < 4.78 is 5.02. The zero-order chi connectivity index (χ0) is 11.3. The number of carbonyl (C=O) groups excluding carboxylic acids is 1. The molecule has 0 aliphatic heterocycles. The van der Waals surface area contributed by atoms with Gasteiger partial charge in [-0.05, 0) is 37.6 Å². The summed E-state index contributed by atoms with van der Waals surface area (Å²) in [6.45, 7) is 4.03. The monoisotopic (exact) mass is 207 g/mol. The highest BCUT2D eigenvalue weighted by atomic mass is 16.5. The SMILES string of the molecule is CC[C@@H](C)NC(=O)c1ccc(OC)cc1. The van der Waals surface area contributed by atoms with Gasteiger partial charge in [-0.2, -0.15) is 0 Å². The Morgan fingerprint density at radius 3 is 2.47 bits per heavy atom. The first-order valence-corrected chi connectivity index (χ1v) is 5.12. The van der Waals surface area contributed by atoms with Gasteiger partial charge in [0.15, 0.2) is 0 Å². The summed E-state index contributed by atoms with van der Waals surface area (Å²) in [6, 6.07) is 7.30. The topological polar surface area (TPSA) is 38.3 Å². The Morgan fingerprint density at radius 2 is 2.00 bits per heavy atom. The number of nitrogens with one attached hydrogen (secondary N) is 1. The molecule has 0 radical (unpaired) electrons. The van der Waals surface area contributed by atoms with E-state index < -0.39 is 0 Å². The minimum Gasteiger partial charge on any atom is -0.497 e. The maximum absolute atomic E-state index is 11.7. The quantitative estimate of drug-likeness (QED) is 0.822. The highest BCUT2D eigenvalue weighted by Gasteiger charge is 2.07. The summed E-state index contributed by atoms with van der Waals surface area (Å²) in [4.78, 5) is 11.7. The van der Waals surface area contributed by atoms with Gasteiger partial charge in [0.05, 0.1) is 7.11 Å². The number of benzene rings is 1. The van der Waals surface area contributed by atoms with E-state index in [4.69, 9.17) is 4.74 Å². The van der Waals surface area contributed by atoms with E-state index in [1.807, 2.05) is 13.8 Å². The normalized spacial score (nSPS) is 11.9. The van der Waals surface area contributed by atoms with Gasteiger partial charge in [0.2, 0.25) is 0 Å². The lowest BCUT2D eigenvalue weighted by Gasteiger charge is -2.11. The maximum Gasteiger partial charge on any atom is 0.251 e. The Morgan fingerprint density at radius 1 is 1.40 bits per heavy atom. The molecule has 0 fully saturated rings. The lowest BCUT2D eigenvalue weighted by molar-refractivity contribution is 0.0939. The van der Waals surface area contributed by atoms with Crippen LogP contribution in [0.1, 0.15) is 30.6 Å². The van der Waals surface area contributed by atoms with E-state index in [0.29, 0.717) is 5.56 Å². The largest absolute Gasteiger partial charge is 0.497 e. The fraction of sp³-hybridized carbons (Fsp3) is 0.417. The molecule has 1 rings (SSSR count). The second kappa shape index (κ2) is 5.39. The predicted molar refractivity (Wildman–Crippen MR) is 60.2 cm³/mol. The Labute approximate surface area is 90.4 Å². The van der Waals surface area contributed by atoms with Gasteiger partial charge in [0.1, 0.15) is 5.75 Å². The predicted octanol–water partition coefficient (Wildman–Crippen LogP) is 2.22. The van der Waals surface area contributed by atoms with Gasteiger partial charge in [0, 0.05) is 11.6 Å². The van der Waals surface area contributed by atoms with Crippen LogP contribution in [0, 0.1) is 0 Å². The molecule has 15 heavy (non-hydrogen) atoms. The van der Waals surface area contributed by atoms with Gasteiger partial charge in [-0.15, -0.1) is 0 Å². The van der Waals surface area contributed by atoms with Crippen molar-refractivity contribution in [2.45, 2.75) is 26.3 Å². The van der Waals surface area contributed by atoms with Crippen LogP contribution >= 0.6 is 0 Å². The summed E-state index contributed by atoms with van der Waals surface area (Å²) >= 11 is 0. The van der Waals surface area contributed by atoms with Gasteiger partial charge < -0.3 is 10.1 Å². The van der Waals surface area contributed by atoms with Crippen LogP contribution in [0.5, 0.6) is 5.75 Å². The van der Waals surface area contributed by atoms with Crippen molar-refractivity contribution >= 4 is 5.91 Å². The van der Waals surface area contributed by atoms with Crippen LogP contribution in [0.15, 0.2) is 24.3 Å². The first-order valence-electron chi connectivity index (χ1n) is 5.12. The minimum absolute atomic E-state index is 0.0352. The number of rotatable bonds is 4. The molecule has 3 nitrogen and oxygen atoms in total. The molecule has 0 bridgehead atoms. The van der Waals surface area contributed by atoms with Crippen LogP contribution in [0.25, 0.3) is 0 Å². The Balaban J connectivity index is 2.66. The van der Waals surface area contributed by atoms with Crippen molar-refractivity contribution in [1.82, 2.24) is 5.32 Å². The van der Waals surface area contributed by atoms with Crippen LogP contribution in [-0.2, 0) is 0 Å². The molecule has 1 amide bonds. The Bertz CT molecular complexity index is 319. The first kappa shape index (κ1) is 11.6. The number of carbonyl (C=O) groups is 1. The molecule has 0 aliphatic carbocycles. The van der Waals surface area contributed by atoms with Gasteiger partial charge >= 0.3 is 0 Å².